The summed E-state index contributed by atoms with van der Waals surface area (Å²) in [5.74, 6) is -4.14. The van der Waals surface area contributed by atoms with Crippen molar-refractivity contribution < 1.29 is 29.7 Å². The number of aromatic hydroxyl groups is 1. The molecule has 3 N–H and O–H groups in total. The minimum atomic E-state index is -2.55. The van der Waals surface area contributed by atoms with E-state index in [0.717, 1.165) is 18.4 Å². The first-order chi connectivity index (χ1) is 19.7. The number of ketones is 3. The standard InChI is InChI=1S/C36H42O6/c1-19(2)29-20(3)27(21(4)37)32(40)36(42)33(41)30-31(39)28-24(16-12-18-26(28)38)25(34(30,6)22(5)35(29,36)7)17-11-15-23-13-9-8-10-14-23/h8-10,12-14,16,18-19,22,25,29,38-39,42H,11,15,17H2,1-7H3/t22-,25+,29+,34+,35-,36+/m0/s1. The van der Waals surface area contributed by atoms with E-state index < -0.39 is 51.4 Å². The third-order valence-electron chi connectivity index (χ3n) is 11.2. The van der Waals surface area contributed by atoms with Crippen LogP contribution in [0.4, 0.5) is 0 Å². The Morgan fingerprint density at radius 2 is 1.62 bits per heavy atom. The minimum absolute atomic E-state index is 0.0352. The highest BCUT2D eigenvalue weighted by Gasteiger charge is 2.75. The molecule has 0 aliphatic heterocycles. The van der Waals surface area contributed by atoms with Gasteiger partial charge in [-0.05, 0) is 74.0 Å². The third-order valence-corrected chi connectivity index (χ3v) is 11.2. The number of rotatable bonds is 6. The molecule has 3 aliphatic rings. The summed E-state index contributed by atoms with van der Waals surface area (Å²) >= 11 is 0. The average molecular weight is 571 g/mol. The predicted molar refractivity (Wildman–Crippen MR) is 162 cm³/mol. The van der Waals surface area contributed by atoms with E-state index >= 15 is 0 Å². The van der Waals surface area contributed by atoms with Crippen LogP contribution in [0.3, 0.4) is 0 Å². The van der Waals surface area contributed by atoms with Crippen LogP contribution in [-0.2, 0) is 20.8 Å². The van der Waals surface area contributed by atoms with Gasteiger partial charge in [0, 0.05) is 16.4 Å². The Morgan fingerprint density at radius 3 is 2.21 bits per heavy atom. The van der Waals surface area contributed by atoms with Crippen molar-refractivity contribution in [3.8, 4) is 5.75 Å². The molecule has 1 fully saturated rings. The Balaban J connectivity index is 1.77. The van der Waals surface area contributed by atoms with Crippen molar-refractivity contribution in [2.45, 2.75) is 79.2 Å². The van der Waals surface area contributed by atoms with E-state index in [-0.39, 0.29) is 34.3 Å². The molecule has 42 heavy (non-hydrogen) atoms. The zero-order valence-electron chi connectivity index (χ0n) is 25.6. The molecule has 0 amide bonds. The number of benzene rings is 2. The third kappa shape index (κ3) is 3.70. The lowest BCUT2D eigenvalue weighted by molar-refractivity contribution is -0.194. The molecular formula is C36H42O6. The van der Waals surface area contributed by atoms with E-state index in [1.165, 1.54) is 18.6 Å². The van der Waals surface area contributed by atoms with Crippen molar-refractivity contribution >= 4 is 23.1 Å². The molecule has 0 aromatic heterocycles. The second-order valence-electron chi connectivity index (χ2n) is 13.4. The number of aryl methyl sites for hydroxylation is 1. The maximum absolute atomic E-state index is 14.8. The fourth-order valence-electron chi connectivity index (χ4n) is 9.26. The van der Waals surface area contributed by atoms with Gasteiger partial charge in [-0.25, -0.2) is 0 Å². The topological polar surface area (TPSA) is 112 Å². The number of carbonyl (C=O) groups is 3. The van der Waals surface area contributed by atoms with E-state index in [0.29, 0.717) is 12.0 Å². The van der Waals surface area contributed by atoms with Crippen LogP contribution in [0.5, 0.6) is 5.75 Å². The lowest BCUT2D eigenvalue weighted by Gasteiger charge is -2.65. The smallest absolute Gasteiger partial charge is 0.206 e. The van der Waals surface area contributed by atoms with Crippen molar-refractivity contribution in [2.24, 2.45) is 28.6 Å². The number of phenols is 1. The van der Waals surface area contributed by atoms with Crippen molar-refractivity contribution in [1.29, 1.82) is 0 Å². The summed E-state index contributed by atoms with van der Waals surface area (Å²) in [6.07, 6.45) is 2.25. The van der Waals surface area contributed by atoms with Gasteiger partial charge in [-0.3, -0.25) is 14.4 Å². The van der Waals surface area contributed by atoms with Crippen LogP contribution in [0.2, 0.25) is 0 Å². The molecule has 0 bridgehead atoms. The number of hydrogen-bond donors (Lipinski definition) is 3. The molecule has 6 heteroatoms. The van der Waals surface area contributed by atoms with Crippen LogP contribution in [0.25, 0.3) is 5.76 Å². The zero-order valence-corrected chi connectivity index (χ0v) is 25.6. The summed E-state index contributed by atoms with van der Waals surface area (Å²) in [5, 5.41) is 35.3. The fourth-order valence-corrected chi connectivity index (χ4v) is 9.26. The Bertz CT molecular complexity index is 1550. The number of aliphatic hydroxyl groups is 2. The van der Waals surface area contributed by atoms with Gasteiger partial charge in [-0.15, -0.1) is 0 Å². The van der Waals surface area contributed by atoms with Gasteiger partial charge in [0.05, 0.1) is 11.1 Å². The molecule has 2 aromatic rings. The van der Waals surface area contributed by atoms with Gasteiger partial charge in [0.25, 0.3) is 0 Å². The van der Waals surface area contributed by atoms with Crippen LogP contribution >= 0.6 is 0 Å². The Labute approximate surface area is 248 Å². The molecule has 1 saturated carbocycles. The van der Waals surface area contributed by atoms with Crippen LogP contribution in [0.1, 0.15) is 83.9 Å². The lowest BCUT2D eigenvalue weighted by Crippen LogP contribution is -2.74. The van der Waals surface area contributed by atoms with E-state index in [9.17, 15) is 29.7 Å². The maximum Gasteiger partial charge on any atom is 0.206 e. The predicted octanol–water partition coefficient (Wildman–Crippen LogP) is 6.50. The first kappa shape index (κ1) is 30.0. The number of hydrogen-bond acceptors (Lipinski definition) is 6. The monoisotopic (exact) mass is 570 g/mol. The molecule has 5 rings (SSSR count). The number of carbonyl (C=O) groups excluding carboxylic acids is 3. The molecular weight excluding hydrogens is 528 g/mol. The van der Waals surface area contributed by atoms with Crippen molar-refractivity contribution in [3.05, 3.63) is 81.9 Å². The van der Waals surface area contributed by atoms with Crippen molar-refractivity contribution in [2.75, 3.05) is 0 Å². The first-order valence-electron chi connectivity index (χ1n) is 15.0. The highest BCUT2D eigenvalue weighted by atomic mass is 16.3. The number of fused-ring (bicyclic) bond motifs is 3. The van der Waals surface area contributed by atoms with Gasteiger partial charge in [-0.1, -0.05) is 82.7 Å². The minimum Gasteiger partial charge on any atom is -0.507 e. The lowest BCUT2D eigenvalue weighted by atomic mass is 9.37. The normalized spacial score (nSPS) is 32.5. The zero-order chi connectivity index (χ0) is 30.9. The van der Waals surface area contributed by atoms with E-state index in [2.05, 4.69) is 12.1 Å². The second kappa shape index (κ2) is 10.0. The van der Waals surface area contributed by atoms with Gasteiger partial charge in [-0.2, -0.15) is 0 Å². The molecule has 6 nitrogen and oxygen atoms in total. The molecule has 222 valence electrons. The summed E-state index contributed by atoms with van der Waals surface area (Å²) in [4.78, 5) is 41.8. The van der Waals surface area contributed by atoms with Crippen molar-refractivity contribution in [3.63, 3.8) is 0 Å². The summed E-state index contributed by atoms with van der Waals surface area (Å²) in [7, 11) is 0. The SMILES string of the molecule is CC(=O)C1=C(C)[C@@H](C(C)C)[C@]2(C)[C@@H](C)[C@@]3(C)C(=C(O)c4c(O)cccc4[C@H]3CCCc3ccccc3)C(=O)[C@]2(O)C1=O. The van der Waals surface area contributed by atoms with Gasteiger partial charge in [0.2, 0.25) is 11.6 Å². The van der Waals surface area contributed by atoms with Crippen LogP contribution in [0, 0.1) is 28.6 Å². The molecule has 0 heterocycles. The van der Waals surface area contributed by atoms with Gasteiger partial charge in [0.1, 0.15) is 11.5 Å². The molecule has 3 aliphatic carbocycles. The summed E-state index contributed by atoms with van der Waals surface area (Å²) in [5.41, 5.74) is -2.26. The van der Waals surface area contributed by atoms with E-state index in [1.54, 1.807) is 13.0 Å². The van der Waals surface area contributed by atoms with Gasteiger partial charge >= 0.3 is 0 Å². The Hall–Kier alpha value is -3.51. The molecule has 0 spiro atoms. The molecule has 0 radical (unpaired) electrons. The van der Waals surface area contributed by atoms with Gasteiger partial charge < -0.3 is 15.3 Å². The largest absolute Gasteiger partial charge is 0.507 e. The van der Waals surface area contributed by atoms with Crippen molar-refractivity contribution in [1.82, 2.24) is 0 Å². The average Bonchev–Trinajstić information content (AvgIpc) is 2.92. The van der Waals surface area contributed by atoms with Crippen LogP contribution in [-0.4, -0.2) is 38.3 Å². The quantitative estimate of drug-likeness (QED) is 0.270. The number of aliphatic hydroxyl groups excluding tert-OH is 1. The second-order valence-corrected chi connectivity index (χ2v) is 13.4. The summed E-state index contributed by atoms with van der Waals surface area (Å²) < 4.78 is 0. The van der Waals surface area contributed by atoms with Crippen LogP contribution < -0.4 is 0 Å². The highest BCUT2D eigenvalue weighted by molar-refractivity contribution is 6.33. The number of Topliss-reactive ketones (excluding diaryl/α,β-unsaturated/α-hetero) is 3. The van der Waals surface area contributed by atoms with Crippen LogP contribution in [0.15, 0.2) is 65.3 Å². The number of phenolic OH excluding ortho intramolecular Hbond substituents is 1. The first-order valence-corrected chi connectivity index (χ1v) is 15.0. The number of allylic oxidation sites excluding steroid dienone is 1. The van der Waals surface area contributed by atoms with E-state index in [4.69, 9.17) is 0 Å². The molecule has 6 atom stereocenters. The summed E-state index contributed by atoms with van der Waals surface area (Å²) in [6.45, 7) is 12.8. The maximum atomic E-state index is 14.8. The molecule has 0 unspecified atom stereocenters. The molecule has 2 aromatic carbocycles. The Kier molecular flexibility index (Phi) is 7.17. The fraction of sp³-hybridized carbons (Fsp3) is 0.472. The highest BCUT2D eigenvalue weighted by Crippen LogP contribution is 2.70. The summed E-state index contributed by atoms with van der Waals surface area (Å²) in [6, 6.07) is 15.3. The van der Waals surface area contributed by atoms with E-state index in [1.807, 2.05) is 58.9 Å². The van der Waals surface area contributed by atoms with Gasteiger partial charge in [0.15, 0.2) is 11.4 Å². The Morgan fingerprint density at radius 1 is 0.976 bits per heavy atom. The molecule has 0 saturated heterocycles.